The van der Waals surface area contributed by atoms with E-state index in [-0.39, 0.29) is 46.2 Å². The minimum absolute atomic E-state index is 0.00681. The van der Waals surface area contributed by atoms with Crippen molar-refractivity contribution in [3.63, 3.8) is 0 Å². The van der Waals surface area contributed by atoms with E-state index in [1.54, 1.807) is 29.3 Å². The second kappa shape index (κ2) is 8.66. The lowest BCUT2D eigenvalue weighted by atomic mass is 9.86. The highest BCUT2D eigenvalue weighted by Gasteiger charge is 2.42. The molecule has 2 heterocycles. The van der Waals surface area contributed by atoms with Crippen LogP contribution in [0.1, 0.15) is 41.4 Å². The second-order valence-electron chi connectivity index (χ2n) is 8.55. The molecule has 37 heavy (non-hydrogen) atoms. The van der Waals surface area contributed by atoms with Gasteiger partial charge in [-0.3, -0.25) is 19.2 Å². The van der Waals surface area contributed by atoms with Gasteiger partial charge in [0.05, 0.1) is 40.2 Å². The molecule has 9 heteroatoms. The van der Waals surface area contributed by atoms with Crippen molar-refractivity contribution < 1.29 is 24.3 Å². The Bertz CT molecular complexity index is 1490. The molecule has 0 aliphatic carbocycles. The smallest absolute Gasteiger partial charge is 0.280 e. The maximum Gasteiger partial charge on any atom is 0.280 e. The highest BCUT2D eigenvalue weighted by molar-refractivity contribution is 6.33. The average Bonchev–Trinajstić information content (AvgIpc) is 2.93. The number of imide groups is 2. The van der Waals surface area contributed by atoms with Crippen LogP contribution in [0.2, 0.25) is 0 Å². The van der Waals surface area contributed by atoms with Crippen molar-refractivity contribution in [2.75, 3.05) is 18.2 Å². The number of hydrogen-bond acceptors (Lipinski definition) is 7. The summed E-state index contributed by atoms with van der Waals surface area (Å²) in [6.45, 7) is -0.262. The zero-order valence-electron chi connectivity index (χ0n) is 19.4. The zero-order chi connectivity index (χ0) is 25.7. The molecule has 0 unspecified atom stereocenters. The molecule has 6 rings (SSSR count). The molecule has 0 atom stereocenters. The molecule has 9 nitrogen and oxygen atoms in total. The van der Waals surface area contributed by atoms with Gasteiger partial charge in [0.2, 0.25) is 0 Å². The Morgan fingerprint density at radius 2 is 1.00 bits per heavy atom. The number of aliphatic hydroxyl groups excluding tert-OH is 1. The van der Waals surface area contributed by atoms with Crippen LogP contribution in [0.5, 0.6) is 0 Å². The van der Waals surface area contributed by atoms with Gasteiger partial charge in [-0.1, -0.05) is 36.4 Å². The summed E-state index contributed by atoms with van der Waals surface area (Å²) >= 11 is 0. The molecule has 2 aliphatic rings. The molecular weight excluding hydrogens is 472 g/mol. The molecule has 4 aromatic rings. The van der Waals surface area contributed by atoms with Crippen LogP contribution < -0.4 is 10.4 Å². The first-order valence-corrected chi connectivity index (χ1v) is 11.6. The number of hydrazine groups is 2. The van der Waals surface area contributed by atoms with Gasteiger partial charge in [-0.15, -0.1) is 0 Å². The molecule has 4 amide bonds. The number of nitrogens with one attached hydrogen (secondary N) is 1. The van der Waals surface area contributed by atoms with Crippen molar-refractivity contribution in [2.24, 2.45) is 0 Å². The van der Waals surface area contributed by atoms with Crippen LogP contribution in [-0.4, -0.2) is 51.9 Å². The standard InChI is InChI=1S/C28H20N4O5/c33-16-15-29-30-25(34)19-11-13-21-24-22(14-12-20(23(19)24)26(30)35)28(37)32(27(21)36)31(17-7-3-1-4-8-17)18-9-5-2-6-10-18/h1-14,29,33H,15-16H2. The monoisotopic (exact) mass is 492 g/mol. The molecule has 0 bridgehead atoms. The number of para-hydroxylation sites is 2. The van der Waals surface area contributed by atoms with E-state index in [1.807, 2.05) is 36.4 Å². The van der Waals surface area contributed by atoms with Crippen LogP contribution in [0.4, 0.5) is 11.4 Å². The molecule has 0 aromatic heterocycles. The topological polar surface area (TPSA) is 110 Å². The number of benzene rings is 4. The normalized spacial score (nSPS) is 14.5. The van der Waals surface area contributed by atoms with Gasteiger partial charge in [-0.25, -0.2) is 15.4 Å². The van der Waals surface area contributed by atoms with E-state index >= 15 is 0 Å². The molecule has 2 aliphatic heterocycles. The molecule has 0 fully saturated rings. The molecular formula is C28H20N4O5. The highest BCUT2D eigenvalue weighted by atomic mass is 16.3. The van der Waals surface area contributed by atoms with Gasteiger partial charge < -0.3 is 5.11 Å². The summed E-state index contributed by atoms with van der Waals surface area (Å²) in [6, 6.07) is 24.2. The largest absolute Gasteiger partial charge is 0.395 e. The SMILES string of the molecule is O=C1c2ccc3c4c(ccc(c24)C(=O)N1NCCO)C(=O)N(N(c1ccccc1)c1ccccc1)C3=O. The van der Waals surface area contributed by atoms with Crippen LogP contribution >= 0.6 is 0 Å². The predicted octanol–water partition coefficient (Wildman–Crippen LogP) is 3.28. The Labute approximate surface area is 211 Å². The van der Waals surface area contributed by atoms with Gasteiger partial charge >= 0.3 is 0 Å². The van der Waals surface area contributed by atoms with E-state index in [4.69, 9.17) is 5.11 Å². The van der Waals surface area contributed by atoms with Gasteiger partial charge in [0.15, 0.2) is 0 Å². The molecule has 0 saturated heterocycles. The quantitative estimate of drug-likeness (QED) is 0.398. The van der Waals surface area contributed by atoms with Crippen molar-refractivity contribution in [1.82, 2.24) is 15.4 Å². The Balaban J connectivity index is 1.54. The summed E-state index contributed by atoms with van der Waals surface area (Å²) in [5.41, 5.74) is 4.66. The number of hydrogen-bond donors (Lipinski definition) is 2. The Morgan fingerprint density at radius 3 is 1.41 bits per heavy atom. The summed E-state index contributed by atoms with van der Waals surface area (Å²) in [7, 11) is 0. The zero-order valence-corrected chi connectivity index (χ0v) is 19.4. The Hall–Kier alpha value is -4.86. The lowest BCUT2D eigenvalue weighted by Gasteiger charge is -2.38. The van der Waals surface area contributed by atoms with E-state index in [9.17, 15) is 19.2 Å². The maximum absolute atomic E-state index is 13.9. The summed E-state index contributed by atoms with van der Waals surface area (Å²) in [4.78, 5) is 54.1. The molecule has 2 N–H and O–H groups in total. The van der Waals surface area contributed by atoms with Gasteiger partial charge in [0.1, 0.15) is 0 Å². The van der Waals surface area contributed by atoms with Crippen LogP contribution in [0.3, 0.4) is 0 Å². The highest BCUT2D eigenvalue weighted by Crippen LogP contribution is 2.39. The maximum atomic E-state index is 13.9. The van der Waals surface area contributed by atoms with Crippen molar-refractivity contribution in [3.8, 4) is 0 Å². The predicted molar refractivity (Wildman–Crippen MR) is 135 cm³/mol. The summed E-state index contributed by atoms with van der Waals surface area (Å²) < 4.78 is 0. The van der Waals surface area contributed by atoms with Gasteiger partial charge in [-0.05, 0) is 48.5 Å². The van der Waals surface area contributed by atoms with Gasteiger partial charge in [0.25, 0.3) is 23.6 Å². The third-order valence-corrected chi connectivity index (χ3v) is 6.46. The van der Waals surface area contributed by atoms with Crippen LogP contribution in [0.15, 0.2) is 84.9 Å². The first kappa shape index (κ1) is 22.6. The van der Waals surface area contributed by atoms with Crippen molar-refractivity contribution in [3.05, 3.63) is 107 Å². The second-order valence-corrected chi connectivity index (χ2v) is 8.55. The van der Waals surface area contributed by atoms with Crippen molar-refractivity contribution >= 4 is 45.8 Å². The van der Waals surface area contributed by atoms with Crippen LogP contribution in [0, 0.1) is 0 Å². The lowest BCUT2D eigenvalue weighted by Crippen LogP contribution is -2.52. The molecule has 0 radical (unpaired) electrons. The number of anilines is 2. The first-order valence-electron chi connectivity index (χ1n) is 11.6. The average molecular weight is 492 g/mol. The minimum atomic E-state index is -0.618. The number of amides is 4. The Morgan fingerprint density at radius 1 is 0.595 bits per heavy atom. The fourth-order valence-corrected chi connectivity index (χ4v) is 4.87. The van der Waals surface area contributed by atoms with E-state index in [1.165, 1.54) is 24.3 Å². The van der Waals surface area contributed by atoms with Crippen molar-refractivity contribution in [1.29, 1.82) is 0 Å². The summed E-state index contributed by atoms with van der Waals surface area (Å²) in [5.74, 6) is -2.39. The van der Waals surface area contributed by atoms with E-state index in [0.717, 1.165) is 10.0 Å². The summed E-state index contributed by atoms with van der Waals surface area (Å²) in [5, 5.41) is 13.2. The number of carbonyl (C=O) groups is 4. The van der Waals surface area contributed by atoms with Crippen LogP contribution in [-0.2, 0) is 0 Å². The van der Waals surface area contributed by atoms with Crippen LogP contribution in [0.25, 0.3) is 10.8 Å². The fraction of sp³-hybridized carbons (Fsp3) is 0.0714. The third kappa shape index (κ3) is 3.33. The van der Waals surface area contributed by atoms with Gasteiger partial charge in [0, 0.05) is 17.3 Å². The molecule has 4 aromatic carbocycles. The molecule has 0 spiro atoms. The van der Waals surface area contributed by atoms with Crippen molar-refractivity contribution in [2.45, 2.75) is 0 Å². The minimum Gasteiger partial charge on any atom is -0.395 e. The number of carbonyl (C=O) groups excluding carboxylic acids is 4. The number of rotatable bonds is 6. The Kier molecular flexibility index (Phi) is 5.29. The molecule has 0 saturated carbocycles. The number of aliphatic hydroxyl groups is 1. The lowest BCUT2D eigenvalue weighted by molar-refractivity contribution is 0.0505. The number of nitrogens with zero attached hydrogens (tertiary/aromatic N) is 3. The fourth-order valence-electron chi connectivity index (χ4n) is 4.87. The van der Waals surface area contributed by atoms with E-state index in [0.29, 0.717) is 11.4 Å². The van der Waals surface area contributed by atoms with E-state index in [2.05, 4.69) is 5.43 Å². The van der Waals surface area contributed by atoms with Gasteiger partial charge in [-0.2, -0.15) is 5.01 Å². The van der Waals surface area contributed by atoms with E-state index < -0.39 is 23.6 Å². The third-order valence-electron chi connectivity index (χ3n) is 6.46. The molecule has 182 valence electrons. The first-order chi connectivity index (χ1) is 18.0. The summed E-state index contributed by atoms with van der Waals surface area (Å²) in [6.07, 6.45) is 0.